The molecule has 1 fully saturated rings. The summed E-state index contributed by atoms with van der Waals surface area (Å²) in [6.45, 7) is 0. The molecule has 1 saturated heterocycles. The average molecular weight is 281 g/mol. The van der Waals surface area contributed by atoms with Crippen LogP contribution in [0.3, 0.4) is 0 Å². The Bertz CT molecular complexity index is 510. The summed E-state index contributed by atoms with van der Waals surface area (Å²) in [6, 6.07) is 20.9. The normalized spacial score (nSPS) is 29.4. The van der Waals surface area contributed by atoms with Crippen LogP contribution in [0, 0.1) is 0 Å². The van der Waals surface area contributed by atoms with Crippen LogP contribution in [-0.4, -0.2) is 19.0 Å². The predicted octanol–water partition coefficient (Wildman–Crippen LogP) is 4.31. The molecule has 0 aromatic heterocycles. The average Bonchev–Trinajstić information content (AvgIpc) is 2.87. The van der Waals surface area contributed by atoms with Gasteiger partial charge in [-0.25, -0.2) is 0 Å². The first-order chi connectivity index (χ1) is 9.75. The first-order valence-electron chi connectivity index (χ1n) is 7.12. The molecule has 3 atom stereocenters. The van der Waals surface area contributed by atoms with Crippen LogP contribution in [0.25, 0.3) is 0 Å². The minimum Gasteiger partial charge on any atom is -0.363 e. The summed E-state index contributed by atoms with van der Waals surface area (Å²) in [5.41, 5.74) is 3.24. The number of aliphatic hydroxyl groups is 1. The van der Waals surface area contributed by atoms with E-state index in [2.05, 4.69) is 48.5 Å². The molecule has 1 nitrogen and oxygen atoms in total. The van der Waals surface area contributed by atoms with E-state index in [1.165, 1.54) is 11.1 Å². The maximum atomic E-state index is 10.0. The van der Waals surface area contributed by atoms with Gasteiger partial charge in [-0.05, 0) is 24.0 Å². The van der Waals surface area contributed by atoms with Gasteiger partial charge in [0.25, 0.3) is 0 Å². The van der Waals surface area contributed by atoms with E-state index in [4.69, 9.17) is 7.57 Å². The summed E-state index contributed by atoms with van der Waals surface area (Å²) < 4.78 is 0. The highest BCUT2D eigenvalue weighted by atomic mass is 31.2. The summed E-state index contributed by atoms with van der Waals surface area (Å²) in [6.07, 6.45) is 2.29. The summed E-state index contributed by atoms with van der Waals surface area (Å²) >= 11 is 0. The van der Waals surface area contributed by atoms with Gasteiger partial charge in [0.15, 0.2) is 0 Å². The van der Waals surface area contributed by atoms with E-state index in [1.807, 2.05) is 12.1 Å². The molecular formula is C17H19BOP+. The molecule has 1 N–H and O–H groups in total. The van der Waals surface area contributed by atoms with Crippen LogP contribution in [-0.2, 0) is 0 Å². The Balaban J connectivity index is 1.97. The first-order valence-corrected chi connectivity index (χ1v) is 9.30. The minimum atomic E-state index is -1.91. The van der Waals surface area contributed by atoms with Gasteiger partial charge in [0.2, 0.25) is 0 Å². The van der Waals surface area contributed by atoms with Gasteiger partial charge in [-0.1, -0.05) is 60.7 Å². The summed E-state index contributed by atoms with van der Waals surface area (Å²) in [5.74, 6) is 0. The molecule has 1 heterocycles. The highest BCUT2D eigenvalue weighted by Gasteiger charge is 2.53. The Morgan fingerprint density at radius 3 is 1.60 bits per heavy atom. The Morgan fingerprint density at radius 1 is 0.850 bits per heavy atom. The topological polar surface area (TPSA) is 20.2 Å². The molecular weight excluding hydrogens is 262 g/mol. The monoisotopic (exact) mass is 281 g/mol. The van der Waals surface area contributed by atoms with Gasteiger partial charge in [0.1, 0.15) is 6.35 Å². The van der Waals surface area contributed by atoms with Gasteiger partial charge in [0.05, 0.1) is 11.3 Å². The van der Waals surface area contributed by atoms with Gasteiger partial charge < -0.3 is 5.11 Å². The number of benzene rings is 2. The van der Waals surface area contributed by atoms with Gasteiger partial charge in [-0.15, -0.1) is 0 Å². The predicted molar refractivity (Wildman–Crippen MR) is 87.4 cm³/mol. The van der Waals surface area contributed by atoms with Crippen LogP contribution in [0.4, 0.5) is 0 Å². The van der Waals surface area contributed by atoms with E-state index in [-0.39, 0.29) is 6.35 Å². The van der Waals surface area contributed by atoms with Gasteiger partial charge in [0, 0.05) is 7.14 Å². The summed E-state index contributed by atoms with van der Waals surface area (Å²) in [5, 5.41) is 10.0. The van der Waals surface area contributed by atoms with Gasteiger partial charge in [-0.3, -0.25) is 0 Å². The molecule has 3 heteroatoms. The minimum absolute atomic E-state index is 0.131. The molecule has 100 valence electrons. The van der Waals surface area contributed by atoms with Crippen molar-refractivity contribution in [2.75, 3.05) is 6.35 Å². The standard InChI is InChI=1S/C17H19BOP/c18-20(13-19)16(14-7-3-1-4-8-14)11-12-17(20)15-9-5-2-6-10-15/h1-10,16-17,19H,11-13H2/q+1/t16-,17?,20?/m1/s1. The Kier molecular flexibility index (Phi) is 3.96. The molecule has 2 aromatic carbocycles. The van der Waals surface area contributed by atoms with E-state index in [1.54, 1.807) is 0 Å². The fourth-order valence-electron chi connectivity index (χ4n) is 3.45. The van der Waals surface area contributed by atoms with Crippen molar-refractivity contribution in [1.29, 1.82) is 0 Å². The second-order valence-corrected chi connectivity index (χ2v) is 9.09. The van der Waals surface area contributed by atoms with Crippen molar-refractivity contribution < 1.29 is 5.11 Å². The fraction of sp³-hybridized carbons (Fsp3) is 0.294. The van der Waals surface area contributed by atoms with E-state index >= 15 is 0 Å². The molecule has 0 amide bonds. The molecule has 2 radical (unpaired) electrons. The number of aliphatic hydroxyl groups excluding tert-OH is 1. The van der Waals surface area contributed by atoms with Crippen LogP contribution in [0.15, 0.2) is 60.7 Å². The van der Waals surface area contributed by atoms with Crippen molar-refractivity contribution in [2.45, 2.75) is 24.2 Å². The summed E-state index contributed by atoms with van der Waals surface area (Å²) in [7, 11) is 4.86. The third kappa shape index (κ3) is 2.32. The van der Waals surface area contributed by atoms with Crippen molar-refractivity contribution in [3.05, 3.63) is 71.8 Å². The lowest BCUT2D eigenvalue weighted by Gasteiger charge is -2.29. The van der Waals surface area contributed by atoms with E-state index < -0.39 is 7.14 Å². The van der Waals surface area contributed by atoms with Gasteiger partial charge >= 0.3 is 7.57 Å². The fourth-order valence-corrected chi connectivity index (χ4v) is 6.99. The van der Waals surface area contributed by atoms with Crippen LogP contribution in [0.2, 0.25) is 0 Å². The molecule has 20 heavy (non-hydrogen) atoms. The molecule has 1 aliphatic heterocycles. The molecule has 3 rings (SSSR count). The van der Waals surface area contributed by atoms with Crippen LogP contribution in [0.1, 0.15) is 35.3 Å². The molecule has 1 aliphatic rings. The van der Waals surface area contributed by atoms with Crippen LogP contribution >= 0.6 is 7.14 Å². The third-order valence-electron chi connectivity index (χ3n) is 4.49. The highest BCUT2D eigenvalue weighted by molar-refractivity contribution is 7.97. The number of hydrogen-bond acceptors (Lipinski definition) is 1. The number of hydrogen-bond donors (Lipinski definition) is 1. The second kappa shape index (κ2) is 5.72. The lowest BCUT2D eigenvalue weighted by molar-refractivity contribution is 0.367. The van der Waals surface area contributed by atoms with Crippen LogP contribution < -0.4 is 0 Å². The first kappa shape index (κ1) is 13.9. The van der Waals surface area contributed by atoms with Gasteiger partial charge in [-0.2, -0.15) is 0 Å². The lowest BCUT2D eigenvalue weighted by atomic mass is 10.0. The van der Waals surface area contributed by atoms with Crippen molar-refractivity contribution in [2.24, 2.45) is 0 Å². The largest absolute Gasteiger partial charge is 0.369 e. The zero-order valence-corrected chi connectivity index (χ0v) is 12.4. The highest BCUT2D eigenvalue weighted by Crippen LogP contribution is 2.81. The molecule has 0 saturated carbocycles. The quantitative estimate of drug-likeness (QED) is 0.656. The Hall–Kier alpha value is -1.11. The Labute approximate surface area is 122 Å². The van der Waals surface area contributed by atoms with Crippen LogP contribution in [0.5, 0.6) is 0 Å². The van der Waals surface area contributed by atoms with Crippen molar-refractivity contribution in [3.8, 4) is 0 Å². The van der Waals surface area contributed by atoms with Crippen molar-refractivity contribution in [1.82, 2.24) is 0 Å². The van der Waals surface area contributed by atoms with Crippen molar-refractivity contribution in [3.63, 3.8) is 0 Å². The maximum absolute atomic E-state index is 10.0. The zero-order chi connectivity index (χ0) is 14.0. The molecule has 0 spiro atoms. The molecule has 0 bridgehead atoms. The Morgan fingerprint density at radius 2 is 1.25 bits per heavy atom. The second-order valence-electron chi connectivity index (χ2n) is 5.57. The van der Waals surface area contributed by atoms with E-state index in [0.717, 1.165) is 12.8 Å². The van der Waals surface area contributed by atoms with Crippen molar-refractivity contribution >= 4 is 14.7 Å². The van der Waals surface area contributed by atoms with E-state index in [0.29, 0.717) is 11.3 Å². The zero-order valence-electron chi connectivity index (χ0n) is 11.5. The molecule has 0 aliphatic carbocycles. The molecule has 2 aromatic rings. The maximum Gasteiger partial charge on any atom is 0.369 e. The SMILES string of the molecule is [B][P+]1(CO)C(c2ccccc2)CC[C@@H]1c1ccccc1. The summed E-state index contributed by atoms with van der Waals surface area (Å²) in [4.78, 5) is 0. The molecule has 2 unspecified atom stereocenters. The van der Waals surface area contributed by atoms with E-state index in [9.17, 15) is 5.11 Å². The smallest absolute Gasteiger partial charge is 0.363 e. The third-order valence-corrected chi connectivity index (χ3v) is 8.41. The number of rotatable bonds is 3. The lowest BCUT2D eigenvalue weighted by Crippen LogP contribution is -2.09.